The van der Waals surface area contributed by atoms with Crippen LogP contribution in [0, 0.1) is 6.92 Å². The Morgan fingerprint density at radius 1 is 1.12 bits per heavy atom. The topological polar surface area (TPSA) is 105 Å². The summed E-state index contributed by atoms with van der Waals surface area (Å²) in [4.78, 5) is 24.7. The number of aryl methyl sites for hydroxylation is 1. The molecule has 1 amide bonds. The van der Waals surface area contributed by atoms with E-state index in [9.17, 15) is 4.79 Å². The summed E-state index contributed by atoms with van der Waals surface area (Å²) in [6.07, 6.45) is 2.94. The van der Waals surface area contributed by atoms with Crippen molar-refractivity contribution in [2.24, 2.45) is 0 Å². The average Bonchev–Trinajstić information content (AvgIpc) is 3.41. The molecule has 3 aromatic rings. The molecule has 2 fully saturated rings. The molecule has 5 rings (SSSR count). The highest BCUT2D eigenvalue weighted by Crippen LogP contribution is 2.44. The molecular weight excluding hydrogens is 608 g/mol. The Morgan fingerprint density at radius 2 is 1.85 bits per heavy atom. The minimum absolute atomic E-state index is 0.0176. The van der Waals surface area contributed by atoms with Gasteiger partial charge in [-0.1, -0.05) is 0 Å². The number of H-pyrrole nitrogens is 1. The van der Waals surface area contributed by atoms with Crippen LogP contribution >= 0.6 is 0 Å². The molecule has 11 heteroatoms. The maximum Gasteiger partial charge on any atom is 0.410 e. The van der Waals surface area contributed by atoms with Gasteiger partial charge in [0.25, 0.3) is 0 Å². The van der Waals surface area contributed by atoms with Crippen molar-refractivity contribution in [3.63, 3.8) is 0 Å². The summed E-state index contributed by atoms with van der Waals surface area (Å²) in [6.45, 7) is 21.0. The highest BCUT2D eigenvalue weighted by molar-refractivity contribution is 5.85. The van der Waals surface area contributed by atoms with Gasteiger partial charge in [-0.15, -0.1) is 0 Å². The number of amides is 1. The molecule has 2 aromatic heterocycles. The second-order valence-electron chi connectivity index (χ2n) is 15.6. The van der Waals surface area contributed by atoms with Crippen molar-refractivity contribution in [2.45, 2.75) is 103 Å². The quantitative estimate of drug-likeness (QED) is 0.241. The number of fused-ring (bicyclic) bond motifs is 1. The summed E-state index contributed by atoms with van der Waals surface area (Å²) >= 11 is 0. The van der Waals surface area contributed by atoms with Crippen molar-refractivity contribution in [3.05, 3.63) is 41.6 Å². The van der Waals surface area contributed by atoms with Gasteiger partial charge in [-0.2, -0.15) is 5.10 Å². The summed E-state index contributed by atoms with van der Waals surface area (Å²) in [5, 5.41) is 8.92. The van der Waals surface area contributed by atoms with Gasteiger partial charge in [0.05, 0.1) is 23.5 Å². The maximum absolute atomic E-state index is 12.7. The van der Waals surface area contributed by atoms with Crippen LogP contribution in [0.2, 0.25) is 0 Å². The molecule has 0 radical (unpaired) electrons. The fourth-order valence-electron chi connectivity index (χ4n) is 7.09. The van der Waals surface area contributed by atoms with E-state index in [0.29, 0.717) is 6.54 Å². The van der Waals surface area contributed by atoms with Crippen LogP contribution < -0.4 is 4.74 Å². The number of carbonyl (C=O) groups is 1. The largest absolute Gasteiger partial charge is 0.468 e. The number of nitrogens with one attached hydrogen (secondary N) is 1. The van der Waals surface area contributed by atoms with E-state index in [-0.39, 0.29) is 36.1 Å². The first kappa shape index (κ1) is 36.0. The number of carbonyl (C=O) groups excluding carboxylic acids is 1. The molecule has 0 saturated carbocycles. The molecule has 4 heterocycles. The van der Waals surface area contributed by atoms with Crippen molar-refractivity contribution in [1.82, 2.24) is 29.9 Å². The molecule has 11 nitrogen and oxygen atoms in total. The number of hydrogen-bond donors (Lipinski definition) is 1. The average molecular weight is 665 g/mol. The van der Waals surface area contributed by atoms with Crippen LogP contribution in [-0.4, -0.2) is 112 Å². The Hall–Kier alpha value is -3.25. The molecule has 0 bridgehead atoms. The zero-order chi connectivity index (χ0) is 34.9. The lowest BCUT2D eigenvalue weighted by atomic mass is 9.82. The van der Waals surface area contributed by atoms with E-state index in [1.54, 1.807) is 12.0 Å². The first-order chi connectivity index (χ1) is 22.6. The molecule has 2 atom stereocenters. The number of hydrogen-bond acceptors (Lipinski definition) is 9. The van der Waals surface area contributed by atoms with Crippen LogP contribution in [0.15, 0.2) is 30.3 Å². The molecule has 1 aromatic carbocycles. The minimum atomic E-state index is -0.526. The van der Waals surface area contributed by atoms with Crippen LogP contribution in [0.1, 0.15) is 85.0 Å². The van der Waals surface area contributed by atoms with E-state index in [0.717, 1.165) is 79.2 Å². The van der Waals surface area contributed by atoms with Gasteiger partial charge in [-0.05, 0) is 111 Å². The Kier molecular flexibility index (Phi) is 10.7. The summed E-state index contributed by atoms with van der Waals surface area (Å²) in [5.74, 6) is 0.743. The van der Waals surface area contributed by atoms with Crippen molar-refractivity contribution < 1.29 is 23.7 Å². The molecule has 264 valence electrons. The number of nitrogens with zero attached hydrogens (tertiary/aromatic N) is 5. The molecule has 2 unspecified atom stereocenters. The van der Waals surface area contributed by atoms with Crippen molar-refractivity contribution >= 4 is 17.1 Å². The van der Waals surface area contributed by atoms with E-state index in [4.69, 9.17) is 23.9 Å². The first-order valence-corrected chi connectivity index (χ1v) is 17.2. The molecule has 2 aliphatic rings. The molecular formula is C37H56N6O5. The lowest BCUT2D eigenvalue weighted by Gasteiger charge is -2.58. The smallest absolute Gasteiger partial charge is 0.410 e. The predicted octanol–water partition coefficient (Wildman–Crippen LogP) is 6.57. The number of aromatic amines is 1. The number of benzene rings is 1. The normalized spacial score (nSPS) is 20.8. The second-order valence-corrected chi connectivity index (χ2v) is 15.6. The first-order valence-electron chi connectivity index (χ1n) is 17.2. The van der Waals surface area contributed by atoms with Crippen LogP contribution in [0.3, 0.4) is 0 Å². The molecule has 48 heavy (non-hydrogen) atoms. The molecule has 1 N–H and O–H groups in total. The minimum Gasteiger partial charge on any atom is -0.468 e. The van der Waals surface area contributed by atoms with Gasteiger partial charge in [-0.3, -0.25) is 14.9 Å². The van der Waals surface area contributed by atoms with Gasteiger partial charge < -0.3 is 23.8 Å². The lowest BCUT2D eigenvalue weighted by molar-refractivity contribution is -0.123. The van der Waals surface area contributed by atoms with Gasteiger partial charge in [0.1, 0.15) is 11.4 Å². The third kappa shape index (κ3) is 8.13. The summed E-state index contributed by atoms with van der Waals surface area (Å²) in [6, 6.07) is 10.2. The third-order valence-corrected chi connectivity index (χ3v) is 9.64. The third-order valence-electron chi connectivity index (χ3n) is 9.64. The van der Waals surface area contributed by atoms with E-state index in [2.05, 4.69) is 60.7 Å². The van der Waals surface area contributed by atoms with Crippen molar-refractivity contribution in [1.29, 1.82) is 0 Å². The van der Waals surface area contributed by atoms with E-state index >= 15 is 0 Å². The van der Waals surface area contributed by atoms with E-state index < -0.39 is 5.60 Å². The summed E-state index contributed by atoms with van der Waals surface area (Å²) in [5.41, 5.74) is 3.87. The Labute approximate surface area is 286 Å². The lowest BCUT2D eigenvalue weighted by Crippen LogP contribution is -2.69. The van der Waals surface area contributed by atoms with E-state index in [1.165, 1.54) is 5.56 Å². The number of piperazine rings is 1. The van der Waals surface area contributed by atoms with E-state index in [1.807, 2.05) is 52.1 Å². The highest BCUT2D eigenvalue weighted by Gasteiger charge is 2.48. The number of rotatable bonds is 10. The standard InChI is InChI=1S/C37H56N6O5/c1-25-31-28(21-29(38-33(31)40-39-25)26-14-16-27(17-15-26)47-24-45-10)32(30-13-11-12-20-46-30)43-23-36(5,6)42(22-37(43,7)8)19-18-41(9)34(44)48-35(2,3)4/h14-17,21,30,32H,11-13,18-20,22-24H2,1-10H3,(H,38,39,40). The number of pyridine rings is 1. The fraction of sp³-hybridized carbons (Fsp3) is 0.649. The molecule has 0 spiro atoms. The maximum atomic E-state index is 12.7. The number of methoxy groups -OCH3 is 1. The Bertz CT molecular complexity index is 1540. The number of ether oxygens (including phenoxy) is 4. The van der Waals surface area contributed by atoms with Gasteiger partial charge in [0.2, 0.25) is 0 Å². The van der Waals surface area contributed by atoms with Gasteiger partial charge >= 0.3 is 6.09 Å². The van der Waals surface area contributed by atoms with Crippen LogP contribution in [0.4, 0.5) is 4.79 Å². The second kappa shape index (κ2) is 14.3. The SMILES string of the molecule is COCOc1ccc(-c2cc(C(C3CCCCO3)N3CC(C)(C)N(CCN(C)C(=O)OC(C)(C)C)CC3(C)C)c3c(C)n[nH]c3n2)cc1. The van der Waals surface area contributed by atoms with Gasteiger partial charge in [-0.25, -0.2) is 9.78 Å². The number of aromatic nitrogens is 3. The van der Waals surface area contributed by atoms with Crippen molar-refractivity contribution in [2.75, 3.05) is 53.7 Å². The number of likely N-dealkylation sites (N-methyl/N-ethyl adjacent to an activating group) is 1. The highest BCUT2D eigenvalue weighted by atomic mass is 16.7. The zero-order valence-electron chi connectivity index (χ0n) is 30.7. The van der Waals surface area contributed by atoms with Crippen LogP contribution in [0.5, 0.6) is 5.75 Å². The zero-order valence-corrected chi connectivity index (χ0v) is 30.7. The molecule has 2 aliphatic heterocycles. The predicted molar refractivity (Wildman–Crippen MR) is 188 cm³/mol. The van der Waals surface area contributed by atoms with Gasteiger partial charge in [0.15, 0.2) is 12.4 Å². The van der Waals surface area contributed by atoms with Crippen molar-refractivity contribution in [3.8, 4) is 17.0 Å². The van der Waals surface area contributed by atoms with Crippen LogP contribution in [0.25, 0.3) is 22.3 Å². The Balaban J connectivity index is 1.50. The molecule has 0 aliphatic carbocycles. The van der Waals surface area contributed by atoms with Gasteiger partial charge in [0, 0.05) is 69.0 Å². The fourth-order valence-corrected chi connectivity index (χ4v) is 7.09. The summed E-state index contributed by atoms with van der Waals surface area (Å²) < 4.78 is 23.0. The monoisotopic (exact) mass is 664 g/mol. The Morgan fingerprint density at radius 3 is 2.50 bits per heavy atom. The van der Waals surface area contributed by atoms with Crippen LogP contribution in [-0.2, 0) is 14.2 Å². The molecule has 2 saturated heterocycles. The summed E-state index contributed by atoms with van der Waals surface area (Å²) in [7, 11) is 3.43.